The van der Waals surface area contributed by atoms with E-state index in [4.69, 9.17) is 13.3 Å². The molecule has 0 atom stereocenters. The van der Waals surface area contributed by atoms with Crippen LogP contribution < -0.4 is 0 Å². The van der Waals surface area contributed by atoms with Gasteiger partial charge in [-0.3, -0.25) is 0 Å². The van der Waals surface area contributed by atoms with Gasteiger partial charge in [0.25, 0.3) is 0 Å². The number of hydrogen-bond acceptors (Lipinski definition) is 4. The zero-order valence-corrected chi connectivity index (χ0v) is 11.9. The Bertz CT molecular complexity index is 139. The average Bonchev–Trinajstić information content (AvgIpc) is 2.16. The predicted molar refractivity (Wildman–Crippen MR) is 65.4 cm³/mol. The fraction of sp³-hybridized carbons (Fsp3) is 1.00. The van der Waals surface area contributed by atoms with Crippen LogP contribution in [-0.4, -0.2) is 54.2 Å². The zero-order valence-electron chi connectivity index (χ0n) is 10.8. The summed E-state index contributed by atoms with van der Waals surface area (Å²) in [5, 5.41) is 0. The van der Waals surface area contributed by atoms with Crippen LogP contribution in [0.25, 0.3) is 0 Å². The fourth-order valence-corrected chi connectivity index (χ4v) is 4.72. The van der Waals surface area contributed by atoms with Crippen molar-refractivity contribution in [3.63, 3.8) is 0 Å². The number of hydrogen-bond donors (Lipinski definition) is 0. The standard InChI is InChI=1S/C10H26NO3Si/c1-6-12-15(13-7-2,14-8-3)10-9-11(4)5/h15H,6-10H2,1-5H3/q-1. The summed E-state index contributed by atoms with van der Waals surface area (Å²) in [7, 11) is 1.39. The molecule has 0 heterocycles. The van der Waals surface area contributed by atoms with Crippen molar-refractivity contribution in [1.82, 2.24) is 4.90 Å². The maximum absolute atomic E-state index is 5.76. The summed E-state index contributed by atoms with van der Waals surface area (Å²) >= 11 is 0. The van der Waals surface area contributed by atoms with Gasteiger partial charge in [-0.15, -0.1) is 0 Å². The predicted octanol–water partition coefficient (Wildman–Crippen LogP) is 1.33. The van der Waals surface area contributed by atoms with E-state index in [0.29, 0.717) is 19.8 Å². The molecule has 0 amide bonds. The van der Waals surface area contributed by atoms with Crippen molar-refractivity contribution in [2.45, 2.75) is 26.8 Å². The van der Waals surface area contributed by atoms with Crippen LogP contribution in [0.1, 0.15) is 20.8 Å². The van der Waals surface area contributed by atoms with E-state index >= 15 is 0 Å². The summed E-state index contributed by atoms with van der Waals surface area (Å²) in [5.41, 5.74) is 0. The molecule has 0 saturated heterocycles. The molecule has 0 saturated carbocycles. The van der Waals surface area contributed by atoms with Crippen LogP contribution in [0.3, 0.4) is 0 Å². The SMILES string of the molecule is CCO[SiH-](CCN(C)C)(OCC)OCC. The van der Waals surface area contributed by atoms with Gasteiger partial charge in [0, 0.05) is 0 Å². The monoisotopic (exact) mass is 236 g/mol. The Morgan fingerprint density at radius 3 is 1.53 bits per heavy atom. The van der Waals surface area contributed by atoms with Gasteiger partial charge in [0.1, 0.15) is 0 Å². The van der Waals surface area contributed by atoms with Gasteiger partial charge < -0.3 is 0 Å². The quantitative estimate of drug-likeness (QED) is 0.565. The van der Waals surface area contributed by atoms with Crippen molar-refractivity contribution < 1.29 is 13.3 Å². The van der Waals surface area contributed by atoms with Crippen LogP contribution in [0.2, 0.25) is 6.04 Å². The molecular formula is C10H26NO3Si-. The van der Waals surface area contributed by atoms with E-state index in [1.807, 2.05) is 34.9 Å². The molecule has 15 heavy (non-hydrogen) atoms. The summed E-state index contributed by atoms with van der Waals surface area (Å²) in [6.07, 6.45) is 0. The summed E-state index contributed by atoms with van der Waals surface area (Å²) in [6, 6.07) is 0.884. The second-order valence-corrected chi connectivity index (χ2v) is 6.90. The van der Waals surface area contributed by atoms with Gasteiger partial charge in [0.05, 0.1) is 0 Å². The topological polar surface area (TPSA) is 30.9 Å². The van der Waals surface area contributed by atoms with Crippen LogP contribution in [-0.2, 0) is 13.3 Å². The van der Waals surface area contributed by atoms with Gasteiger partial charge in [0.15, 0.2) is 0 Å². The second kappa shape index (κ2) is 8.24. The Kier molecular flexibility index (Phi) is 8.27. The summed E-state index contributed by atoms with van der Waals surface area (Å²) < 4.78 is 17.3. The van der Waals surface area contributed by atoms with Crippen LogP contribution in [0.5, 0.6) is 0 Å². The number of nitrogens with zero attached hydrogens (tertiary/aromatic N) is 1. The molecule has 0 radical (unpaired) electrons. The van der Waals surface area contributed by atoms with Crippen molar-refractivity contribution in [2.75, 3.05) is 40.5 Å². The number of rotatable bonds is 9. The van der Waals surface area contributed by atoms with Crippen molar-refractivity contribution >= 4 is 8.80 Å². The molecule has 5 heteroatoms. The molecular weight excluding hydrogens is 210 g/mol. The molecule has 0 fully saturated rings. The molecule has 0 spiro atoms. The summed E-state index contributed by atoms with van der Waals surface area (Å²) in [5.74, 6) is 0. The van der Waals surface area contributed by atoms with E-state index in [1.54, 1.807) is 0 Å². The van der Waals surface area contributed by atoms with Gasteiger partial charge in [-0.1, -0.05) is 0 Å². The van der Waals surface area contributed by atoms with Crippen LogP contribution in [0.4, 0.5) is 0 Å². The first-order chi connectivity index (χ1) is 7.10. The van der Waals surface area contributed by atoms with Gasteiger partial charge in [-0.05, 0) is 0 Å². The summed E-state index contributed by atoms with van der Waals surface area (Å²) in [4.78, 5) is 2.13. The normalized spacial score (nSPS) is 13.5. The van der Waals surface area contributed by atoms with Crippen molar-refractivity contribution in [3.05, 3.63) is 0 Å². The van der Waals surface area contributed by atoms with E-state index in [1.165, 1.54) is 0 Å². The maximum atomic E-state index is 5.76. The van der Waals surface area contributed by atoms with Crippen molar-refractivity contribution in [2.24, 2.45) is 0 Å². The molecule has 0 aromatic rings. The van der Waals surface area contributed by atoms with Gasteiger partial charge in [-0.25, -0.2) is 0 Å². The minimum atomic E-state index is -2.71. The molecule has 0 aliphatic rings. The van der Waals surface area contributed by atoms with E-state index in [9.17, 15) is 0 Å². The molecule has 0 aliphatic heterocycles. The zero-order chi connectivity index (χ0) is 11.7. The first kappa shape index (κ1) is 15.1. The Labute approximate surface area is 94.9 Å². The van der Waals surface area contributed by atoms with E-state index in [0.717, 1.165) is 12.6 Å². The molecule has 0 unspecified atom stereocenters. The Morgan fingerprint density at radius 2 is 1.27 bits per heavy atom. The molecule has 0 aliphatic carbocycles. The third kappa shape index (κ3) is 6.27. The molecule has 94 valence electrons. The van der Waals surface area contributed by atoms with Gasteiger partial charge >= 0.3 is 94.3 Å². The second-order valence-electron chi connectivity index (χ2n) is 3.75. The molecule has 0 aromatic carbocycles. The van der Waals surface area contributed by atoms with E-state index < -0.39 is 8.80 Å². The van der Waals surface area contributed by atoms with Crippen molar-refractivity contribution in [3.8, 4) is 0 Å². The van der Waals surface area contributed by atoms with Crippen LogP contribution in [0, 0.1) is 0 Å². The third-order valence-corrected chi connectivity index (χ3v) is 5.68. The van der Waals surface area contributed by atoms with Crippen molar-refractivity contribution in [1.29, 1.82) is 0 Å². The molecule has 4 nitrogen and oxygen atoms in total. The average molecular weight is 236 g/mol. The summed E-state index contributed by atoms with van der Waals surface area (Å²) in [6.45, 7) is 8.91. The third-order valence-electron chi connectivity index (χ3n) is 2.19. The van der Waals surface area contributed by atoms with E-state index in [2.05, 4.69) is 4.90 Å². The van der Waals surface area contributed by atoms with Gasteiger partial charge in [0.2, 0.25) is 0 Å². The van der Waals surface area contributed by atoms with Gasteiger partial charge in [-0.2, -0.15) is 0 Å². The fourth-order valence-electron chi connectivity index (χ4n) is 1.57. The van der Waals surface area contributed by atoms with Crippen LogP contribution >= 0.6 is 0 Å². The Hall–Kier alpha value is 0.0569. The van der Waals surface area contributed by atoms with Crippen LogP contribution in [0.15, 0.2) is 0 Å². The molecule has 0 rings (SSSR count). The Balaban J connectivity index is 4.31. The minimum absolute atomic E-state index is 0.665. The molecule has 0 aromatic heterocycles. The molecule has 0 bridgehead atoms. The van der Waals surface area contributed by atoms with E-state index in [-0.39, 0.29) is 0 Å². The first-order valence-corrected chi connectivity index (χ1v) is 8.04. The molecule has 0 N–H and O–H groups in total. The first-order valence-electron chi connectivity index (χ1n) is 5.81. The Morgan fingerprint density at radius 1 is 0.867 bits per heavy atom.